The Balaban J connectivity index is 0.00000116. The molecule has 4 rings (SSSR count). The molecule has 0 saturated carbocycles. The third-order valence-corrected chi connectivity index (χ3v) is 20.6. The number of hydrogen-bond acceptors (Lipinski definition) is 16. The van der Waals surface area contributed by atoms with Crippen molar-refractivity contribution in [2.24, 2.45) is 105 Å². The van der Waals surface area contributed by atoms with Gasteiger partial charge in [0.15, 0.2) is 22.7 Å². The molecule has 0 fully saturated rings. The molecule has 89 heavy (non-hydrogen) atoms. The molecule has 0 unspecified atom stereocenters. The molecule has 0 spiro atoms. The van der Waals surface area contributed by atoms with Crippen molar-refractivity contribution in [3.05, 3.63) is 0 Å². The Bertz CT molecular complexity index is 2340. The monoisotopic (exact) mass is 1330 g/mol. The fourth-order valence-electron chi connectivity index (χ4n) is 9.86. The summed E-state index contributed by atoms with van der Waals surface area (Å²) in [6.45, 7) is 72.6. The van der Waals surface area contributed by atoms with E-state index in [2.05, 4.69) is 206 Å². The number of nitrogens with zero attached hydrogens (tertiary/aromatic N) is 8. The molecule has 0 N–H and O–H groups in total. The number of carboxylic acids is 4. The predicted molar refractivity (Wildman–Crippen MR) is 361 cm³/mol. The van der Waals surface area contributed by atoms with Gasteiger partial charge in [0.05, 0.1) is 69.6 Å². The molecule has 0 aromatic rings. The average Bonchev–Trinajstić information content (AvgIpc) is 2.15. The van der Waals surface area contributed by atoms with Crippen LogP contribution in [0.4, 0.5) is 0 Å². The van der Waals surface area contributed by atoms with Gasteiger partial charge in [0.1, 0.15) is 0 Å². The van der Waals surface area contributed by atoms with Crippen molar-refractivity contribution < 1.29 is 59.1 Å². The molecule has 17 heteroatoms. The molecule has 0 aliphatic carbocycles. The summed E-state index contributed by atoms with van der Waals surface area (Å²) in [5.74, 6) is -4.87. The van der Waals surface area contributed by atoms with Gasteiger partial charge in [0.2, 0.25) is 0 Å². The maximum atomic E-state index is 12.0. The number of carboxylic acid groups (broad SMARTS) is 4. The second kappa shape index (κ2) is 27.8. The van der Waals surface area contributed by atoms with E-state index in [0.29, 0.717) is 0 Å². The van der Waals surface area contributed by atoms with Crippen LogP contribution in [0.15, 0.2) is 39.9 Å². The topological polar surface area (TPSA) is 259 Å². The zero-order valence-electron chi connectivity index (χ0n) is 62.9. The van der Waals surface area contributed by atoms with Gasteiger partial charge in [-0.1, -0.05) is 249 Å². The largest absolute Gasteiger partial charge is 4.00 e. The van der Waals surface area contributed by atoms with Crippen LogP contribution >= 0.6 is 0 Å². The van der Waals surface area contributed by atoms with Crippen molar-refractivity contribution in [1.29, 1.82) is 0 Å². The minimum Gasteiger partial charge on any atom is -0.545 e. The van der Waals surface area contributed by atoms with E-state index in [1.54, 1.807) is 0 Å². The molecule has 4 heterocycles. The first-order valence-corrected chi connectivity index (χ1v) is 32.7. The van der Waals surface area contributed by atoms with Crippen molar-refractivity contribution in [2.45, 2.75) is 323 Å². The van der Waals surface area contributed by atoms with Gasteiger partial charge in [0.25, 0.3) is 0 Å². The first kappa shape index (κ1) is 84.9. The standard InChI is InChI=1S/4C18H32N2O2.Ru/c4*1-10-16(6,7)12-13(17(8,9)11-2)20-18(19-12,14(21)22)15(3,4)5;/h4*10-11H2,1-9H3,(H,21,22);/q;;;;+4/p-4. The van der Waals surface area contributed by atoms with Gasteiger partial charge >= 0.3 is 19.5 Å². The molecule has 0 atom stereocenters. The number of carbonyl (C=O) groups excluding carboxylic acids is 4. The predicted octanol–water partition coefficient (Wildman–Crippen LogP) is 13.0. The van der Waals surface area contributed by atoms with Gasteiger partial charge in [-0.2, -0.15) is 0 Å². The van der Waals surface area contributed by atoms with Gasteiger partial charge < -0.3 is 39.6 Å². The van der Waals surface area contributed by atoms with E-state index >= 15 is 0 Å². The summed E-state index contributed by atoms with van der Waals surface area (Å²) in [7, 11) is 0. The van der Waals surface area contributed by atoms with Crippen molar-refractivity contribution in [3.8, 4) is 0 Å². The summed E-state index contributed by atoms with van der Waals surface area (Å²) in [5, 5.41) is 47.9. The summed E-state index contributed by atoms with van der Waals surface area (Å²) in [6.07, 6.45) is 6.98. The summed E-state index contributed by atoms with van der Waals surface area (Å²) >= 11 is 0. The number of carbonyl (C=O) groups is 4. The summed E-state index contributed by atoms with van der Waals surface area (Å²) in [5.41, 5.74) is -3.86. The fraction of sp³-hybridized carbons (Fsp3) is 0.833. The van der Waals surface area contributed by atoms with Gasteiger partial charge in [-0.15, -0.1) is 0 Å². The maximum Gasteiger partial charge on any atom is 4.00 e. The van der Waals surface area contributed by atoms with E-state index in [9.17, 15) is 39.6 Å². The fourth-order valence-corrected chi connectivity index (χ4v) is 9.86. The smallest absolute Gasteiger partial charge is 0.545 e. The Labute approximate surface area is 554 Å². The van der Waals surface area contributed by atoms with Crippen LogP contribution < -0.4 is 20.4 Å². The van der Waals surface area contributed by atoms with Crippen molar-refractivity contribution in [2.75, 3.05) is 0 Å². The summed E-state index contributed by atoms with van der Waals surface area (Å²) < 4.78 is 0. The molecular formula is C72H124N8O8Ru. The molecule has 16 nitrogen and oxygen atoms in total. The Kier molecular flexibility index (Phi) is 26.5. The first-order chi connectivity index (χ1) is 39.0. The number of hydrogen-bond donors (Lipinski definition) is 0. The van der Waals surface area contributed by atoms with Crippen LogP contribution in [0, 0.1) is 65.0 Å². The van der Waals surface area contributed by atoms with Crippen LogP contribution in [0.25, 0.3) is 0 Å². The minimum absolute atomic E-state index is 0. The Morgan fingerprint density at radius 2 is 0.315 bits per heavy atom. The SMILES string of the molecule is CCC(C)(C)C1=NC(C(=O)[O-])(C(C)(C)C)N=C1C(C)(C)CC.CCC(C)(C)C1=NC(C(=O)[O-])(C(C)(C)C)N=C1C(C)(C)CC.CCC(C)(C)C1=NC(C(=O)[O-])(C(C)(C)C)N=C1C(C)(C)CC.CCC(C)(C)C1=NC(C(=O)[O-])(C(C)(C)C)N=C1C(C)(C)CC.[Ru+4]. The van der Waals surface area contributed by atoms with Gasteiger partial charge in [-0.25, -0.2) is 0 Å². The van der Waals surface area contributed by atoms with E-state index in [1.807, 2.05) is 83.1 Å². The second-order valence-corrected chi connectivity index (χ2v) is 34.4. The third-order valence-electron chi connectivity index (χ3n) is 20.6. The van der Waals surface area contributed by atoms with Gasteiger partial charge in [-0.3, -0.25) is 39.9 Å². The van der Waals surface area contributed by atoms with E-state index in [0.717, 1.165) is 97.1 Å². The zero-order valence-corrected chi connectivity index (χ0v) is 64.6. The first-order valence-electron chi connectivity index (χ1n) is 32.7. The normalized spacial score (nSPS) is 18.7. The zero-order chi connectivity index (χ0) is 70.2. The van der Waals surface area contributed by atoms with Crippen LogP contribution in [0.5, 0.6) is 0 Å². The number of rotatable bonds is 20. The number of aliphatic carboxylic acids is 4. The summed E-state index contributed by atoms with van der Waals surface area (Å²) in [4.78, 5) is 85.3. The van der Waals surface area contributed by atoms with Gasteiger partial charge in [0, 0.05) is 65.0 Å². The van der Waals surface area contributed by atoms with Crippen LogP contribution in [0.2, 0.25) is 0 Å². The van der Waals surface area contributed by atoms with E-state index < -0.39 is 68.2 Å². The summed E-state index contributed by atoms with van der Waals surface area (Å²) in [6, 6.07) is 0. The van der Waals surface area contributed by atoms with Crippen molar-refractivity contribution >= 4 is 69.6 Å². The Morgan fingerprint density at radius 3 is 0.360 bits per heavy atom. The quantitative estimate of drug-likeness (QED) is 0.106. The van der Waals surface area contributed by atoms with Crippen LogP contribution in [0.1, 0.15) is 301 Å². The molecule has 4 aliphatic rings. The average molecular weight is 1330 g/mol. The van der Waals surface area contributed by atoms with Gasteiger partial charge in [-0.05, 0) is 51.4 Å². The molecule has 0 bridgehead atoms. The van der Waals surface area contributed by atoms with E-state index in [-0.39, 0.29) is 62.8 Å². The Morgan fingerprint density at radius 1 is 0.236 bits per heavy atom. The Hall–Kier alpha value is -4.14. The molecule has 0 aromatic carbocycles. The molecule has 0 radical (unpaired) electrons. The molecule has 0 amide bonds. The molecular weight excluding hydrogens is 1210 g/mol. The molecule has 508 valence electrons. The molecule has 0 aromatic heterocycles. The van der Waals surface area contributed by atoms with Crippen molar-refractivity contribution in [3.63, 3.8) is 0 Å². The minimum atomic E-state index is -1.53. The van der Waals surface area contributed by atoms with E-state index in [1.165, 1.54) is 0 Å². The number of aliphatic imine (C=N–C) groups is 8. The van der Waals surface area contributed by atoms with Crippen LogP contribution in [-0.4, -0.2) is 92.2 Å². The van der Waals surface area contributed by atoms with E-state index in [4.69, 9.17) is 0 Å². The molecule has 0 saturated heterocycles. The third kappa shape index (κ3) is 16.6. The second-order valence-electron chi connectivity index (χ2n) is 34.4. The van der Waals surface area contributed by atoms with Crippen LogP contribution in [0.3, 0.4) is 0 Å². The van der Waals surface area contributed by atoms with Crippen LogP contribution in [-0.2, 0) is 38.7 Å². The maximum absolute atomic E-state index is 12.0. The molecule has 4 aliphatic heterocycles. The van der Waals surface area contributed by atoms with Crippen molar-refractivity contribution in [1.82, 2.24) is 0 Å².